The first-order valence-electron chi connectivity index (χ1n) is 10.9. The molecule has 2 aliphatic rings. The van der Waals surface area contributed by atoms with Gasteiger partial charge < -0.3 is 20.3 Å². The lowest BCUT2D eigenvalue weighted by atomic mass is 9.71. The molecule has 0 unspecified atom stereocenters. The predicted molar refractivity (Wildman–Crippen MR) is 119 cm³/mol. The summed E-state index contributed by atoms with van der Waals surface area (Å²) in [6.07, 6.45) is 6.36. The standard InChI is InChI=1S/C24H33N3O4/c1-23(2,3)31-22(30)27-16-12-24(13-17-27)10-14-26(15-11-24)21(29)19-7-5-4-6-18(19)8-9-20(25)28/h4-9H,10-17H2,1-3H3,(H2,25,28). The number of piperidine rings is 2. The summed E-state index contributed by atoms with van der Waals surface area (Å²) in [4.78, 5) is 40.2. The average Bonchev–Trinajstić information content (AvgIpc) is 2.72. The zero-order valence-corrected chi connectivity index (χ0v) is 18.7. The van der Waals surface area contributed by atoms with Crippen LogP contribution in [0.2, 0.25) is 0 Å². The summed E-state index contributed by atoms with van der Waals surface area (Å²) in [6, 6.07) is 7.25. The monoisotopic (exact) mass is 427 g/mol. The van der Waals surface area contributed by atoms with Gasteiger partial charge in [0.25, 0.3) is 5.91 Å². The number of carbonyl (C=O) groups is 3. The molecule has 3 rings (SSSR count). The van der Waals surface area contributed by atoms with E-state index in [0.717, 1.165) is 25.7 Å². The van der Waals surface area contributed by atoms with Gasteiger partial charge in [0.15, 0.2) is 0 Å². The van der Waals surface area contributed by atoms with Gasteiger partial charge in [0.1, 0.15) is 5.60 Å². The average molecular weight is 428 g/mol. The fraction of sp³-hybridized carbons (Fsp3) is 0.542. The third kappa shape index (κ3) is 5.87. The molecule has 2 N–H and O–H groups in total. The van der Waals surface area contributed by atoms with Crippen LogP contribution < -0.4 is 5.73 Å². The van der Waals surface area contributed by atoms with Gasteiger partial charge in [-0.25, -0.2) is 4.79 Å². The van der Waals surface area contributed by atoms with Crippen LogP contribution in [0.25, 0.3) is 6.08 Å². The molecule has 1 spiro atoms. The Balaban J connectivity index is 1.58. The molecule has 7 heteroatoms. The number of benzene rings is 1. The van der Waals surface area contributed by atoms with Crippen molar-refractivity contribution in [2.24, 2.45) is 11.1 Å². The number of nitrogens with zero attached hydrogens (tertiary/aromatic N) is 2. The molecule has 2 aliphatic heterocycles. The molecule has 0 atom stereocenters. The van der Waals surface area contributed by atoms with E-state index < -0.39 is 11.5 Å². The number of hydrogen-bond acceptors (Lipinski definition) is 4. The van der Waals surface area contributed by atoms with Crippen LogP contribution in [0.3, 0.4) is 0 Å². The van der Waals surface area contributed by atoms with E-state index in [2.05, 4.69) is 0 Å². The van der Waals surface area contributed by atoms with Crippen molar-refractivity contribution in [1.29, 1.82) is 0 Å². The lowest BCUT2D eigenvalue weighted by molar-refractivity contribution is -0.113. The maximum atomic E-state index is 13.1. The fourth-order valence-electron chi connectivity index (χ4n) is 4.35. The van der Waals surface area contributed by atoms with E-state index in [1.165, 1.54) is 6.08 Å². The highest BCUT2D eigenvalue weighted by Crippen LogP contribution is 2.41. The zero-order chi connectivity index (χ0) is 22.6. The van der Waals surface area contributed by atoms with Gasteiger partial charge >= 0.3 is 6.09 Å². The molecule has 0 aliphatic carbocycles. The molecule has 1 aromatic carbocycles. The molecular weight excluding hydrogens is 394 g/mol. The number of likely N-dealkylation sites (tertiary alicyclic amines) is 2. The number of amides is 3. The Morgan fingerprint density at radius 2 is 1.52 bits per heavy atom. The van der Waals surface area contributed by atoms with E-state index in [-0.39, 0.29) is 17.4 Å². The Morgan fingerprint density at radius 3 is 2.06 bits per heavy atom. The number of rotatable bonds is 3. The fourth-order valence-corrected chi connectivity index (χ4v) is 4.35. The molecule has 168 valence electrons. The van der Waals surface area contributed by atoms with Crippen LogP contribution in [0.4, 0.5) is 4.79 Å². The first kappa shape index (κ1) is 22.8. The van der Waals surface area contributed by atoms with E-state index >= 15 is 0 Å². The minimum atomic E-state index is -0.542. The van der Waals surface area contributed by atoms with Crippen molar-refractivity contribution in [2.75, 3.05) is 26.2 Å². The molecule has 3 amide bonds. The smallest absolute Gasteiger partial charge is 0.410 e. The molecule has 0 radical (unpaired) electrons. The number of hydrogen-bond donors (Lipinski definition) is 1. The zero-order valence-electron chi connectivity index (χ0n) is 18.7. The minimum absolute atomic E-state index is 0.0224. The molecule has 2 fully saturated rings. The molecule has 1 aromatic rings. The van der Waals surface area contributed by atoms with Crippen molar-refractivity contribution < 1.29 is 19.1 Å². The number of ether oxygens (including phenoxy) is 1. The van der Waals surface area contributed by atoms with Crippen LogP contribution in [0.15, 0.2) is 30.3 Å². The van der Waals surface area contributed by atoms with Crippen molar-refractivity contribution in [2.45, 2.75) is 52.1 Å². The molecule has 7 nitrogen and oxygen atoms in total. The largest absolute Gasteiger partial charge is 0.444 e. The van der Waals surface area contributed by atoms with Crippen LogP contribution in [0.1, 0.15) is 62.4 Å². The highest BCUT2D eigenvalue weighted by atomic mass is 16.6. The summed E-state index contributed by atoms with van der Waals surface area (Å²) >= 11 is 0. The predicted octanol–water partition coefficient (Wildman–Crippen LogP) is 3.44. The Morgan fingerprint density at radius 1 is 0.968 bits per heavy atom. The molecule has 31 heavy (non-hydrogen) atoms. The Bertz CT molecular complexity index is 854. The van der Waals surface area contributed by atoms with E-state index in [4.69, 9.17) is 10.5 Å². The third-order valence-corrected chi connectivity index (χ3v) is 6.21. The molecule has 2 saturated heterocycles. The first-order chi connectivity index (χ1) is 14.6. The van der Waals surface area contributed by atoms with Crippen LogP contribution in [-0.4, -0.2) is 59.5 Å². The van der Waals surface area contributed by atoms with Gasteiger partial charge in [-0.05, 0) is 69.6 Å². The van der Waals surface area contributed by atoms with E-state index in [1.807, 2.05) is 43.9 Å². The summed E-state index contributed by atoms with van der Waals surface area (Å²) in [5.41, 5.74) is 6.16. The van der Waals surface area contributed by atoms with Crippen molar-refractivity contribution in [3.05, 3.63) is 41.5 Å². The van der Waals surface area contributed by atoms with Crippen molar-refractivity contribution in [3.63, 3.8) is 0 Å². The van der Waals surface area contributed by atoms with Gasteiger partial charge in [-0.2, -0.15) is 0 Å². The Kier molecular flexibility index (Phi) is 6.72. The second-order valence-corrected chi connectivity index (χ2v) is 9.58. The third-order valence-electron chi connectivity index (χ3n) is 6.21. The number of primary amides is 1. The summed E-state index contributed by atoms with van der Waals surface area (Å²) in [6.45, 7) is 8.42. The van der Waals surface area contributed by atoms with Crippen LogP contribution in [-0.2, 0) is 9.53 Å². The quantitative estimate of drug-likeness (QED) is 0.748. The molecule has 2 heterocycles. The Hall–Kier alpha value is -2.83. The second-order valence-electron chi connectivity index (χ2n) is 9.58. The van der Waals surface area contributed by atoms with Gasteiger partial charge in [0.2, 0.25) is 5.91 Å². The van der Waals surface area contributed by atoms with Gasteiger partial charge in [-0.1, -0.05) is 18.2 Å². The lowest BCUT2D eigenvalue weighted by Crippen LogP contribution is -2.50. The second kappa shape index (κ2) is 9.12. The molecule has 0 aromatic heterocycles. The number of carbonyl (C=O) groups excluding carboxylic acids is 3. The van der Waals surface area contributed by atoms with Crippen LogP contribution >= 0.6 is 0 Å². The molecular formula is C24H33N3O4. The van der Waals surface area contributed by atoms with Crippen LogP contribution in [0, 0.1) is 5.41 Å². The maximum absolute atomic E-state index is 13.1. The highest BCUT2D eigenvalue weighted by Gasteiger charge is 2.40. The van der Waals surface area contributed by atoms with Crippen LogP contribution in [0.5, 0.6) is 0 Å². The van der Waals surface area contributed by atoms with Gasteiger partial charge in [-0.15, -0.1) is 0 Å². The maximum Gasteiger partial charge on any atom is 0.410 e. The molecule has 0 bridgehead atoms. The van der Waals surface area contributed by atoms with E-state index in [9.17, 15) is 14.4 Å². The minimum Gasteiger partial charge on any atom is -0.444 e. The first-order valence-corrected chi connectivity index (χ1v) is 10.9. The normalized spacial score (nSPS) is 18.9. The van der Waals surface area contributed by atoms with Crippen molar-refractivity contribution >= 4 is 24.0 Å². The lowest BCUT2D eigenvalue weighted by Gasteiger charge is -2.46. The van der Waals surface area contributed by atoms with E-state index in [1.54, 1.807) is 17.0 Å². The molecule has 0 saturated carbocycles. The van der Waals surface area contributed by atoms with Gasteiger partial charge in [-0.3, -0.25) is 9.59 Å². The van der Waals surface area contributed by atoms with Gasteiger partial charge in [0, 0.05) is 37.8 Å². The van der Waals surface area contributed by atoms with Gasteiger partial charge in [0.05, 0.1) is 0 Å². The summed E-state index contributed by atoms with van der Waals surface area (Å²) in [5.74, 6) is -0.564. The summed E-state index contributed by atoms with van der Waals surface area (Å²) in [7, 11) is 0. The Labute approximate surface area is 184 Å². The van der Waals surface area contributed by atoms with Crippen molar-refractivity contribution in [3.8, 4) is 0 Å². The number of nitrogens with two attached hydrogens (primary N) is 1. The van der Waals surface area contributed by atoms with E-state index in [0.29, 0.717) is 37.3 Å². The highest BCUT2D eigenvalue weighted by molar-refractivity contribution is 5.99. The SMILES string of the molecule is CC(C)(C)OC(=O)N1CCC2(CC1)CCN(C(=O)c1ccccc1C=CC(N)=O)CC2. The topological polar surface area (TPSA) is 92.9 Å². The van der Waals surface area contributed by atoms with Crippen molar-refractivity contribution in [1.82, 2.24) is 9.80 Å². The summed E-state index contributed by atoms with van der Waals surface area (Å²) < 4.78 is 5.50. The summed E-state index contributed by atoms with van der Waals surface area (Å²) in [5, 5.41) is 0.